The van der Waals surface area contributed by atoms with E-state index < -0.39 is 0 Å². The highest BCUT2D eigenvalue weighted by Gasteiger charge is 1.85. The lowest BCUT2D eigenvalue weighted by Crippen LogP contribution is -1.72. The van der Waals surface area contributed by atoms with Crippen LogP contribution in [0.5, 0.6) is 0 Å². The maximum atomic E-state index is 9.94. The van der Waals surface area contributed by atoms with Gasteiger partial charge in [0.05, 0.1) is 0 Å². The zero-order chi connectivity index (χ0) is 8.10. The van der Waals surface area contributed by atoms with Gasteiger partial charge in [0.15, 0.2) is 0 Å². The summed E-state index contributed by atoms with van der Waals surface area (Å²) in [6, 6.07) is 7.88. The fourth-order valence-corrected chi connectivity index (χ4v) is 1.19. The number of halogens is 1. The van der Waals surface area contributed by atoms with Crippen molar-refractivity contribution >= 4 is 44.9 Å². The quantitative estimate of drug-likeness (QED) is 0.565. The van der Waals surface area contributed by atoms with Crippen LogP contribution in [0.15, 0.2) is 24.3 Å². The molecule has 0 fully saturated rings. The molecule has 0 aliphatic rings. The van der Waals surface area contributed by atoms with Gasteiger partial charge in [-0.2, -0.15) is 0 Å². The van der Waals surface area contributed by atoms with Crippen molar-refractivity contribution in [3.63, 3.8) is 0 Å². The highest BCUT2D eigenvalue weighted by molar-refractivity contribution is 14.1. The summed E-state index contributed by atoms with van der Waals surface area (Å²) in [7, 11) is 0. The van der Waals surface area contributed by atoms with Gasteiger partial charge in [-0.3, -0.25) is 0 Å². The summed E-state index contributed by atoms with van der Waals surface area (Å²) in [5.41, 5.74) is 1.01. The Morgan fingerprint density at radius 3 is 2.55 bits per heavy atom. The summed E-state index contributed by atoms with van der Waals surface area (Å²) in [6.07, 6.45) is 1.67. The molecule has 11 heavy (non-hydrogen) atoms. The van der Waals surface area contributed by atoms with E-state index in [-0.39, 0.29) is 0 Å². The average molecular weight is 276 g/mol. The standard InChI is InChI=1S/C8H5IOS/c9-8-3-1-7(2-4-8)5-6-11-10/h1-5H. The third-order valence-corrected chi connectivity index (χ3v) is 2.08. The SMILES string of the molecule is O=S=C=Cc1ccc(I)cc1. The van der Waals surface area contributed by atoms with Crippen molar-refractivity contribution in [2.45, 2.75) is 0 Å². The minimum absolute atomic E-state index is 0.343. The van der Waals surface area contributed by atoms with Gasteiger partial charge in [-0.25, -0.2) is 4.21 Å². The minimum atomic E-state index is 0.343. The Morgan fingerprint density at radius 2 is 2.00 bits per heavy atom. The summed E-state index contributed by atoms with van der Waals surface area (Å²) in [4.78, 5) is 0. The van der Waals surface area contributed by atoms with Crippen LogP contribution in [0.25, 0.3) is 6.08 Å². The molecule has 0 aromatic heterocycles. The molecule has 0 atom stereocenters. The van der Waals surface area contributed by atoms with Crippen molar-refractivity contribution in [3.8, 4) is 0 Å². The smallest absolute Gasteiger partial charge is 0.142 e. The number of benzene rings is 1. The van der Waals surface area contributed by atoms with Gasteiger partial charge in [0, 0.05) is 9.65 Å². The van der Waals surface area contributed by atoms with Crippen molar-refractivity contribution in [2.75, 3.05) is 0 Å². The molecule has 0 N–H and O–H groups in total. The van der Waals surface area contributed by atoms with Crippen molar-refractivity contribution < 1.29 is 4.21 Å². The van der Waals surface area contributed by atoms with E-state index in [1.807, 2.05) is 24.3 Å². The predicted octanol–water partition coefficient (Wildman–Crippen LogP) is 1.92. The van der Waals surface area contributed by atoms with E-state index in [0.717, 1.165) is 5.56 Å². The van der Waals surface area contributed by atoms with Gasteiger partial charge in [0.1, 0.15) is 11.3 Å². The molecule has 0 saturated heterocycles. The van der Waals surface area contributed by atoms with E-state index in [0.29, 0.717) is 11.3 Å². The Hall–Kier alpha value is -0.380. The van der Waals surface area contributed by atoms with E-state index in [9.17, 15) is 4.21 Å². The average Bonchev–Trinajstić information content (AvgIpc) is 2.04. The summed E-state index contributed by atoms with van der Waals surface area (Å²) >= 11 is 2.58. The summed E-state index contributed by atoms with van der Waals surface area (Å²) in [5, 5.41) is 2.52. The second-order valence-corrected chi connectivity index (χ2v) is 3.55. The Bertz CT molecular complexity index is 318. The Balaban J connectivity index is 2.99. The van der Waals surface area contributed by atoms with Gasteiger partial charge in [-0.15, -0.1) is 0 Å². The zero-order valence-electron chi connectivity index (χ0n) is 5.58. The number of hydrogen-bond acceptors (Lipinski definition) is 1. The summed E-state index contributed by atoms with van der Waals surface area (Å²) in [6.45, 7) is 0. The van der Waals surface area contributed by atoms with Crippen LogP contribution in [0.3, 0.4) is 0 Å². The summed E-state index contributed by atoms with van der Waals surface area (Å²) < 4.78 is 11.1. The van der Waals surface area contributed by atoms with Gasteiger partial charge in [0.25, 0.3) is 0 Å². The highest BCUT2D eigenvalue weighted by Crippen LogP contribution is 2.06. The molecule has 0 bridgehead atoms. The Labute approximate surface area is 82.3 Å². The largest absolute Gasteiger partial charge is 0.203 e. The summed E-state index contributed by atoms with van der Waals surface area (Å²) in [5.74, 6) is 0. The lowest BCUT2D eigenvalue weighted by molar-refractivity contribution is 0.701. The van der Waals surface area contributed by atoms with Gasteiger partial charge in [-0.1, -0.05) is 12.1 Å². The Morgan fingerprint density at radius 1 is 1.36 bits per heavy atom. The monoisotopic (exact) mass is 276 g/mol. The van der Waals surface area contributed by atoms with E-state index >= 15 is 0 Å². The fraction of sp³-hybridized carbons (Fsp3) is 0. The van der Waals surface area contributed by atoms with Crippen molar-refractivity contribution in [2.24, 2.45) is 0 Å². The van der Waals surface area contributed by atoms with Crippen LogP contribution in [0.2, 0.25) is 0 Å². The van der Waals surface area contributed by atoms with Crippen molar-refractivity contribution in [1.82, 2.24) is 0 Å². The molecular weight excluding hydrogens is 271 g/mol. The van der Waals surface area contributed by atoms with Gasteiger partial charge in [0.2, 0.25) is 0 Å². The third-order valence-electron chi connectivity index (χ3n) is 1.14. The normalized spacial score (nSPS) is 8.45. The molecule has 0 radical (unpaired) electrons. The van der Waals surface area contributed by atoms with Crippen LogP contribution in [-0.4, -0.2) is 9.23 Å². The van der Waals surface area contributed by atoms with E-state index in [4.69, 9.17) is 0 Å². The van der Waals surface area contributed by atoms with Crippen LogP contribution in [0.4, 0.5) is 0 Å². The topological polar surface area (TPSA) is 17.1 Å². The van der Waals surface area contributed by atoms with Crippen LogP contribution < -0.4 is 0 Å². The zero-order valence-corrected chi connectivity index (χ0v) is 8.56. The minimum Gasteiger partial charge on any atom is -0.203 e. The second kappa shape index (κ2) is 4.49. The first-order valence-corrected chi connectivity index (χ1v) is 4.78. The predicted molar refractivity (Wildman–Crippen MR) is 56.8 cm³/mol. The number of hydrogen-bond donors (Lipinski definition) is 0. The van der Waals surface area contributed by atoms with E-state index in [2.05, 4.69) is 27.6 Å². The second-order valence-electron chi connectivity index (χ2n) is 1.90. The van der Waals surface area contributed by atoms with Crippen LogP contribution in [0, 0.1) is 3.57 Å². The van der Waals surface area contributed by atoms with Crippen LogP contribution in [-0.2, 0) is 11.3 Å². The highest BCUT2D eigenvalue weighted by atomic mass is 127. The fourth-order valence-electron chi connectivity index (χ4n) is 0.651. The maximum Gasteiger partial charge on any atom is 0.142 e. The number of rotatable bonds is 1. The molecule has 1 aromatic carbocycles. The van der Waals surface area contributed by atoms with Gasteiger partial charge < -0.3 is 0 Å². The molecule has 0 amide bonds. The molecule has 1 nitrogen and oxygen atoms in total. The van der Waals surface area contributed by atoms with Crippen LogP contribution in [0.1, 0.15) is 5.56 Å². The molecule has 56 valence electrons. The first-order valence-electron chi connectivity index (χ1n) is 2.96. The first-order chi connectivity index (χ1) is 5.33. The first kappa shape index (κ1) is 8.71. The molecule has 0 aliphatic heterocycles. The molecule has 0 unspecified atom stereocenters. The molecule has 1 rings (SSSR count). The lowest BCUT2D eigenvalue weighted by atomic mass is 10.2. The lowest BCUT2D eigenvalue weighted by Gasteiger charge is -1.89. The molecule has 0 aliphatic carbocycles. The molecule has 0 saturated carbocycles. The molecular formula is C8H5IOS. The van der Waals surface area contributed by atoms with Crippen molar-refractivity contribution in [1.29, 1.82) is 0 Å². The molecule has 3 heteroatoms. The Kier molecular flexibility index (Phi) is 3.56. The molecule has 0 heterocycles. The van der Waals surface area contributed by atoms with E-state index in [1.165, 1.54) is 3.57 Å². The van der Waals surface area contributed by atoms with E-state index in [1.54, 1.807) is 6.08 Å². The van der Waals surface area contributed by atoms with Crippen molar-refractivity contribution in [3.05, 3.63) is 33.4 Å². The maximum absolute atomic E-state index is 9.94. The molecule has 0 spiro atoms. The third kappa shape index (κ3) is 3.01. The molecule has 1 aromatic rings. The van der Waals surface area contributed by atoms with Gasteiger partial charge >= 0.3 is 0 Å². The van der Waals surface area contributed by atoms with Gasteiger partial charge in [-0.05, 0) is 45.3 Å². The van der Waals surface area contributed by atoms with Crippen LogP contribution >= 0.6 is 22.6 Å².